The second kappa shape index (κ2) is 5.96. The molecule has 0 atom stereocenters. The van der Waals surface area contributed by atoms with Gasteiger partial charge in [0, 0.05) is 24.7 Å². The van der Waals surface area contributed by atoms with Gasteiger partial charge in [-0.1, -0.05) is 12.1 Å². The number of nitrogen functional groups attached to an aromatic ring is 1. The average Bonchev–Trinajstić information content (AvgIpc) is 2.44. The SMILES string of the molecule is NCCNc1cc(-c2ccc(C(F)(F)F)cc2)nc(N)n1. The lowest BCUT2D eigenvalue weighted by Gasteiger charge is -2.09. The van der Waals surface area contributed by atoms with Crippen molar-refractivity contribution in [2.24, 2.45) is 5.73 Å². The minimum atomic E-state index is -4.36. The summed E-state index contributed by atoms with van der Waals surface area (Å²) in [7, 11) is 0. The first-order valence-electron chi connectivity index (χ1n) is 6.16. The fourth-order valence-corrected chi connectivity index (χ4v) is 1.73. The Morgan fingerprint density at radius 3 is 2.33 bits per heavy atom. The van der Waals surface area contributed by atoms with Crippen LogP contribution in [0, 0.1) is 0 Å². The number of anilines is 2. The minimum Gasteiger partial charge on any atom is -0.369 e. The molecule has 21 heavy (non-hydrogen) atoms. The Kier molecular flexibility index (Phi) is 4.27. The molecule has 1 heterocycles. The van der Waals surface area contributed by atoms with Crippen LogP contribution in [-0.2, 0) is 6.18 Å². The van der Waals surface area contributed by atoms with Crippen LogP contribution in [0.2, 0.25) is 0 Å². The van der Waals surface area contributed by atoms with Crippen LogP contribution < -0.4 is 16.8 Å². The molecule has 0 amide bonds. The van der Waals surface area contributed by atoms with E-state index in [1.807, 2.05) is 0 Å². The van der Waals surface area contributed by atoms with Crippen LogP contribution in [0.25, 0.3) is 11.3 Å². The fraction of sp³-hybridized carbons (Fsp3) is 0.231. The quantitative estimate of drug-likeness (QED) is 0.804. The maximum atomic E-state index is 12.5. The van der Waals surface area contributed by atoms with Gasteiger partial charge < -0.3 is 16.8 Å². The van der Waals surface area contributed by atoms with E-state index in [1.54, 1.807) is 6.07 Å². The van der Waals surface area contributed by atoms with Gasteiger partial charge in [0.1, 0.15) is 5.82 Å². The van der Waals surface area contributed by atoms with Crippen LogP contribution in [0.1, 0.15) is 5.56 Å². The van der Waals surface area contributed by atoms with Crippen LogP contribution in [0.3, 0.4) is 0 Å². The van der Waals surface area contributed by atoms with Crippen molar-refractivity contribution in [3.63, 3.8) is 0 Å². The molecule has 2 rings (SSSR count). The van der Waals surface area contributed by atoms with E-state index in [2.05, 4.69) is 15.3 Å². The molecule has 112 valence electrons. The first-order valence-corrected chi connectivity index (χ1v) is 6.16. The molecule has 1 aromatic heterocycles. The minimum absolute atomic E-state index is 0.0342. The molecule has 0 unspecified atom stereocenters. The molecule has 0 aliphatic heterocycles. The normalized spacial score (nSPS) is 11.4. The Hall–Kier alpha value is -2.35. The van der Waals surface area contributed by atoms with Gasteiger partial charge in [0.25, 0.3) is 0 Å². The van der Waals surface area contributed by atoms with Crippen molar-refractivity contribution in [3.05, 3.63) is 35.9 Å². The second-order valence-electron chi connectivity index (χ2n) is 4.29. The summed E-state index contributed by atoms with van der Waals surface area (Å²) in [6.45, 7) is 0.919. The van der Waals surface area contributed by atoms with Crippen molar-refractivity contribution >= 4 is 11.8 Å². The Bertz CT molecular complexity index is 610. The topological polar surface area (TPSA) is 89.8 Å². The van der Waals surface area contributed by atoms with E-state index in [9.17, 15) is 13.2 Å². The lowest BCUT2D eigenvalue weighted by Crippen LogP contribution is -2.14. The highest BCUT2D eigenvalue weighted by Gasteiger charge is 2.30. The molecule has 0 saturated carbocycles. The monoisotopic (exact) mass is 297 g/mol. The van der Waals surface area contributed by atoms with Crippen molar-refractivity contribution < 1.29 is 13.2 Å². The van der Waals surface area contributed by atoms with Crippen LogP contribution >= 0.6 is 0 Å². The van der Waals surface area contributed by atoms with Gasteiger partial charge in [-0.2, -0.15) is 18.2 Å². The number of benzene rings is 1. The van der Waals surface area contributed by atoms with Crippen molar-refractivity contribution in [1.82, 2.24) is 9.97 Å². The molecular formula is C13H14F3N5. The van der Waals surface area contributed by atoms with E-state index < -0.39 is 11.7 Å². The van der Waals surface area contributed by atoms with Crippen molar-refractivity contribution in [3.8, 4) is 11.3 Å². The maximum absolute atomic E-state index is 12.5. The number of aromatic nitrogens is 2. The van der Waals surface area contributed by atoms with E-state index in [-0.39, 0.29) is 5.95 Å². The molecule has 8 heteroatoms. The number of halogens is 3. The van der Waals surface area contributed by atoms with Gasteiger partial charge >= 0.3 is 6.18 Å². The number of nitrogens with two attached hydrogens (primary N) is 2. The number of hydrogen-bond acceptors (Lipinski definition) is 5. The number of nitrogens with one attached hydrogen (secondary N) is 1. The predicted octanol–water partition coefficient (Wildman–Crippen LogP) is 2.12. The molecule has 0 spiro atoms. The lowest BCUT2D eigenvalue weighted by molar-refractivity contribution is -0.137. The van der Waals surface area contributed by atoms with Crippen molar-refractivity contribution in [2.75, 3.05) is 24.1 Å². The highest BCUT2D eigenvalue weighted by molar-refractivity contribution is 5.64. The third kappa shape index (κ3) is 3.82. The Labute approximate surface area is 119 Å². The van der Waals surface area contributed by atoms with Crippen LogP contribution in [0.5, 0.6) is 0 Å². The van der Waals surface area contributed by atoms with Gasteiger partial charge in [0.05, 0.1) is 11.3 Å². The van der Waals surface area contributed by atoms with Crippen molar-refractivity contribution in [1.29, 1.82) is 0 Å². The first-order chi connectivity index (χ1) is 9.90. The number of nitrogens with zero attached hydrogens (tertiary/aromatic N) is 2. The summed E-state index contributed by atoms with van der Waals surface area (Å²) in [4.78, 5) is 7.99. The molecular weight excluding hydrogens is 283 g/mol. The zero-order valence-electron chi connectivity index (χ0n) is 11.0. The highest BCUT2D eigenvalue weighted by atomic mass is 19.4. The van der Waals surface area contributed by atoms with Crippen LogP contribution in [-0.4, -0.2) is 23.1 Å². The maximum Gasteiger partial charge on any atom is 0.416 e. The number of alkyl halides is 3. The number of hydrogen-bond donors (Lipinski definition) is 3. The summed E-state index contributed by atoms with van der Waals surface area (Å²) in [5, 5.41) is 2.94. The summed E-state index contributed by atoms with van der Waals surface area (Å²) in [5.74, 6) is 0.509. The van der Waals surface area contributed by atoms with Gasteiger partial charge in [0.2, 0.25) is 5.95 Å². The van der Waals surface area contributed by atoms with Gasteiger partial charge in [-0.3, -0.25) is 0 Å². The molecule has 0 saturated heterocycles. The van der Waals surface area contributed by atoms with E-state index in [4.69, 9.17) is 11.5 Å². The Balaban J connectivity index is 2.31. The molecule has 2 aromatic rings. The standard InChI is InChI=1S/C13H14F3N5/c14-13(15,16)9-3-1-8(2-4-9)10-7-11(19-6-5-17)21-12(18)20-10/h1-4,7H,5-6,17H2,(H3,18,19,20,21). The molecule has 0 radical (unpaired) electrons. The van der Waals surface area contributed by atoms with E-state index in [0.717, 1.165) is 12.1 Å². The average molecular weight is 297 g/mol. The van der Waals surface area contributed by atoms with E-state index in [0.29, 0.717) is 30.2 Å². The Morgan fingerprint density at radius 2 is 1.76 bits per heavy atom. The lowest BCUT2D eigenvalue weighted by atomic mass is 10.1. The Morgan fingerprint density at radius 1 is 1.10 bits per heavy atom. The summed E-state index contributed by atoms with van der Waals surface area (Å²) >= 11 is 0. The molecule has 0 bridgehead atoms. The molecule has 0 aliphatic rings. The molecule has 1 aromatic carbocycles. The first kappa shape index (κ1) is 15.0. The third-order valence-corrected chi connectivity index (χ3v) is 2.70. The summed E-state index contributed by atoms with van der Waals surface area (Å²) < 4.78 is 37.6. The zero-order chi connectivity index (χ0) is 15.5. The van der Waals surface area contributed by atoms with Gasteiger partial charge in [-0.15, -0.1) is 0 Å². The van der Waals surface area contributed by atoms with Gasteiger partial charge in [-0.05, 0) is 12.1 Å². The van der Waals surface area contributed by atoms with Gasteiger partial charge in [-0.25, -0.2) is 4.98 Å². The van der Waals surface area contributed by atoms with Crippen molar-refractivity contribution in [2.45, 2.75) is 6.18 Å². The smallest absolute Gasteiger partial charge is 0.369 e. The molecule has 0 fully saturated rings. The van der Waals surface area contributed by atoms with Gasteiger partial charge in [0.15, 0.2) is 0 Å². The molecule has 0 aliphatic carbocycles. The molecule has 5 nitrogen and oxygen atoms in total. The largest absolute Gasteiger partial charge is 0.416 e. The third-order valence-electron chi connectivity index (χ3n) is 2.70. The van der Waals surface area contributed by atoms with E-state index in [1.165, 1.54) is 12.1 Å². The predicted molar refractivity (Wildman–Crippen MR) is 74.4 cm³/mol. The van der Waals surface area contributed by atoms with E-state index >= 15 is 0 Å². The summed E-state index contributed by atoms with van der Waals surface area (Å²) in [5.41, 5.74) is 11.2. The second-order valence-corrected chi connectivity index (χ2v) is 4.29. The summed E-state index contributed by atoms with van der Waals surface area (Å²) in [6.07, 6.45) is -4.36. The summed E-state index contributed by atoms with van der Waals surface area (Å²) in [6, 6.07) is 6.30. The van der Waals surface area contributed by atoms with Crippen LogP contribution in [0.4, 0.5) is 24.9 Å². The molecule has 5 N–H and O–H groups in total. The fourth-order valence-electron chi connectivity index (χ4n) is 1.73. The van der Waals surface area contributed by atoms with Crippen LogP contribution in [0.15, 0.2) is 30.3 Å². The highest BCUT2D eigenvalue weighted by Crippen LogP contribution is 2.31. The number of rotatable bonds is 4. The zero-order valence-corrected chi connectivity index (χ0v) is 11.0.